The highest BCUT2D eigenvalue weighted by atomic mass is 16.7. The van der Waals surface area contributed by atoms with Gasteiger partial charge in [-0.25, -0.2) is 4.79 Å². The van der Waals surface area contributed by atoms with E-state index in [-0.39, 0.29) is 18.5 Å². The van der Waals surface area contributed by atoms with E-state index in [1.807, 2.05) is 6.92 Å². The minimum atomic E-state index is -1.53. The fraction of sp³-hybridized carbons (Fsp3) is 0.778. The summed E-state index contributed by atoms with van der Waals surface area (Å²) < 4.78 is 33.6. The maximum Gasteiger partial charge on any atom is 0.335 e. The molecule has 0 aromatic carbocycles. The lowest BCUT2D eigenvalue weighted by Gasteiger charge is -2.56. The second-order valence-corrected chi connectivity index (χ2v) is 11.7. The maximum absolute atomic E-state index is 13.4. The van der Waals surface area contributed by atoms with Crippen molar-refractivity contribution in [1.82, 2.24) is 0 Å². The van der Waals surface area contributed by atoms with E-state index in [1.165, 1.54) is 13.4 Å². The Morgan fingerprint density at radius 1 is 1.10 bits per heavy atom. The Kier molecular flexibility index (Phi) is 7.83. The molecular weight excluding hydrogens is 516 g/mol. The number of aliphatic hydroxyl groups excluding tert-OH is 4. The third-order valence-corrected chi connectivity index (χ3v) is 9.46. The molecule has 12 nitrogen and oxygen atoms in total. The smallest absolute Gasteiger partial charge is 0.335 e. The monoisotopic (exact) mass is 554 g/mol. The van der Waals surface area contributed by atoms with Gasteiger partial charge in [0.1, 0.15) is 30.5 Å². The van der Waals surface area contributed by atoms with E-state index in [2.05, 4.69) is 6.92 Å². The van der Waals surface area contributed by atoms with Crippen LogP contribution in [0, 0.1) is 22.7 Å². The molecule has 2 bridgehead atoms. The molecule has 1 aromatic heterocycles. The van der Waals surface area contributed by atoms with E-state index < -0.39 is 78.3 Å². The van der Waals surface area contributed by atoms with Gasteiger partial charge in [0.2, 0.25) is 0 Å². The van der Waals surface area contributed by atoms with Crippen LogP contribution in [0.3, 0.4) is 0 Å². The number of furan rings is 1. The van der Waals surface area contributed by atoms with Gasteiger partial charge >= 0.3 is 11.9 Å². The molecule has 4 fully saturated rings. The largest absolute Gasteiger partial charge is 0.472 e. The lowest BCUT2D eigenvalue weighted by molar-refractivity contribution is -0.301. The first-order valence-electron chi connectivity index (χ1n) is 13.4. The molecule has 3 saturated heterocycles. The summed E-state index contributed by atoms with van der Waals surface area (Å²) >= 11 is 0. The molecular formula is C27H38O12. The van der Waals surface area contributed by atoms with Crippen molar-refractivity contribution >= 4 is 11.9 Å². The van der Waals surface area contributed by atoms with Gasteiger partial charge in [0.15, 0.2) is 12.4 Å². The Balaban J connectivity index is 1.36. The quantitative estimate of drug-likeness (QED) is 0.258. The van der Waals surface area contributed by atoms with Gasteiger partial charge < -0.3 is 48.5 Å². The standard InChI is InChI=1S/C27H38O12/c1-26-9-14(13-6-8-35-12-13)38-23(32)18(26)15-10-27(2,22(37-15)24(33)34-3)17(26)5-4-7-36-25-21(31)20(30)19(29)16(11-28)39-25/h6,8,12,14-22,25,28-31H,4-5,7,9-11H2,1-3H3. The first kappa shape index (κ1) is 28.5. The molecule has 4 N–H and O–H groups in total. The molecule has 12 atom stereocenters. The Labute approximate surface area is 226 Å². The average molecular weight is 555 g/mol. The zero-order valence-electron chi connectivity index (χ0n) is 22.3. The van der Waals surface area contributed by atoms with E-state index in [0.29, 0.717) is 25.7 Å². The molecule has 218 valence electrons. The fourth-order valence-corrected chi connectivity index (χ4v) is 7.61. The topological polar surface area (TPSA) is 174 Å². The summed E-state index contributed by atoms with van der Waals surface area (Å²) in [6.45, 7) is 3.64. The highest BCUT2D eigenvalue weighted by Crippen LogP contribution is 2.66. The molecule has 0 radical (unpaired) electrons. The maximum atomic E-state index is 13.4. The van der Waals surface area contributed by atoms with Gasteiger partial charge in [0.25, 0.3) is 0 Å². The third-order valence-electron chi connectivity index (χ3n) is 9.46. The van der Waals surface area contributed by atoms with Gasteiger partial charge in [-0.05, 0) is 43.1 Å². The van der Waals surface area contributed by atoms with Crippen LogP contribution in [0.25, 0.3) is 0 Å². The van der Waals surface area contributed by atoms with Gasteiger partial charge in [0.05, 0.1) is 38.3 Å². The lowest BCUT2D eigenvalue weighted by atomic mass is 9.48. The van der Waals surface area contributed by atoms with Crippen LogP contribution in [-0.2, 0) is 33.3 Å². The molecule has 39 heavy (non-hydrogen) atoms. The Morgan fingerprint density at radius 2 is 1.87 bits per heavy atom. The van der Waals surface area contributed by atoms with E-state index in [1.54, 1.807) is 12.3 Å². The second kappa shape index (κ2) is 10.7. The number of hydrogen-bond acceptors (Lipinski definition) is 12. The van der Waals surface area contributed by atoms with Gasteiger partial charge in [-0.1, -0.05) is 13.8 Å². The third kappa shape index (κ3) is 4.69. The van der Waals surface area contributed by atoms with Crippen molar-refractivity contribution in [1.29, 1.82) is 0 Å². The number of rotatable bonds is 8. The Bertz CT molecular complexity index is 1030. The van der Waals surface area contributed by atoms with Crippen LogP contribution in [0.15, 0.2) is 23.0 Å². The van der Waals surface area contributed by atoms with Gasteiger partial charge in [-0.3, -0.25) is 4.79 Å². The number of methoxy groups -OCH3 is 1. The van der Waals surface area contributed by atoms with E-state index in [9.17, 15) is 30.0 Å². The summed E-state index contributed by atoms with van der Waals surface area (Å²) in [5, 5.41) is 39.8. The normalized spacial score (nSPS) is 45.5. The number of carbonyl (C=O) groups excluding carboxylic acids is 2. The van der Waals surface area contributed by atoms with Gasteiger partial charge in [-0.2, -0.15) is 0 Å². The van der Waals surface area contributed by atoms with E-state index in [4.69, 9.17) is 28.1 Å². The summed E-state index contributed by atoms with van der Waals surface area (Å²) in [6.07, 6.45) is -3.46. The summed E-state index contributed by atoms with van der Waals surface area (Å²) in [5.74, 6) is -1.59. The summed E-state index contributed by atoms with van der Waals surface area (Å²) in [4.78, 5) is 26.3. The van der Waals surface area contributed by atoms with Crippen molar-refractivity contribution in [2.45, 2.75) is 88.5 Å². The molecule has 0 amide bonds. The van der Waals surface area contributed by atoms with Crippen LogP contribution >= 0.6 is 0 Å². The highest BCUT2D eigenvalue weighted by Gasteiger charge is 2.70. The Hall–Kier alpha value is -2.06. The second-order valence-electron chi connectivity index (χ2n) is 11.7. The zero-order chi connectivity index (χ0) is 28.1. The molecule has 1 saturated carbocycles. The van der Waals surface area contributed by atoms with Gasteiger partial charge in [0, 0.05) is 17.6 Å². The minimum absolute atomic E-state index is 0.124. The van der Waals surface area contributed by atoms with Gasteiger partial charge in [-0.15, -0.1) is 0 Å². The first-order valence-corrected chi connectivity index (χ1v) is 13.4. The SMILES string of the molecule is COC(=O)C1OC2CC1(C)C(CCCOC1OC(CO)C(O)C(O)C1O)C1(C)CC(c3ccoc3)OC(=O)C21. The fourth-order valence-electron chi connectivity index (χ4n) is 7.61. The molecule has 4 aliphatic rings. The Morgan fingerprint density at radius 3 is 2.54 bits per heavy atom. The molecule has 3 aliphatic heterocycles. The van der Waals surface area contributed by atoms with Crippen LogP contribution in [0.5, 0.6) is 0 Å². The number of ether oxygens (including phenoxy) is 5. The van der Waals surface area contributed by atoms with Crippen molar-refractivity contribution in [2.75, 3.05) is 20.3 Å². The summed E-state index contributed by atoms with van der Waals surface area (Å²) in [5.41, 5.74) is -0.438. The van der Waals surface area contributed by atoms with E-state index >= 15 is 0 Å². The molecule has 4 heterocycles. The summed E-state index contributed by atoms with van der Waals surface area (Å²) in [7, 11) is 1.32. The van der Waals surface area contributed by atoms with Crippen molar-refractivity contribution in [3.63, 3.8) is 0 Å². The predicted molar refractivity (Wildman–Crippen MR) is 130 cm³/mol. The molecule has 1 aliphatic carbocycles. The highest BCUT2D eigenvalue weighted by molar-refractivity contribution is 5.79. The van der Waals surface area contributed by atoms with Crippen LogP contribution in [0.1, 0.15) is 51.2 Å². The molecule has 12 unspecified atom stereocenters. The molecule has 5 rings (SSSR count). The number of aliphatic hydroxyl groups is 4. The van der Waals surface area contributed by atoms with Crippen molar-refractivity contribution in [2.24, 2.45) is 22.7 Å². The van der Waals surface area contributed by atoms with Crippen LogP contribution in [0.4, 0.5) is 0 Å². The number of hydrogen-bond donors (Lipinski definition) is 4. The molecule has 0 spiro atoms. The number of cyclic esters (lactones) is 1. The van der Waals surface area contributed by atoms with E-state index in [0.717, 1.165) is 5.56 Å². The molecule has 1 aromatic rings. The zero-order valence-corrected chi connectivity index (χ0v) is 22.3. The number of carbonyl (C=O) groups is 2. The van der Waals surface area contributed by atoms with Crippen LogP contribution < -0.4 is 0 Å². The minimum Gasteiger partial charge on any atom is -0.472 e. The first-order chi connectivity index (χ1) is 18.5. The number of esters is 2. The van der Waals surface area contributed by atoms with Crippen molar-refractivity contribution in [3.8, 4) is 0 Å². The lowest BCUT2D eigenvalue weighted by Crippen LogP contribution is -2.59. The molecule has 12 heteroatoms. The average Bonchev–Trinajstić information content (AvgIpc) is 3.54. The predicted octanol–water partition coefficient (Wildman–Crippen LogP) is 0.453. The number of fused-ring (bicyclic) bond motifs is 4. The van der Waals surface area contributed by atoms with Crippen LogP contribution in [-0.4, -0.2) is 95.6 Å². The summed E-state index contributed by atoms with van der Waals surface area (Å²) in [6, 6.07) is 1.78. The van der Waals surface area contributed by atoms with Crippen LogP contribution in [0.2, 0.25) is 0 Å². The van der Waals surface area contributed by atoms with Crippen molar-refractivity contribution < 1.29 is 58.1 Å². The van der Waals surface area contributed by atoms with Crippen molar-refractivity contribution in [3.05, 3.63) is 24.2 Å².